The highest BCUT2D eigenvalue weighted by atomic mass is 16.8. The van der Waals surface area contributed by atoms with E-state index in [1.807, 2.05) is 5.32 Å². The highest BCUT2D eigenvalue weighted by Gasteiger charge is 2.45. The highest BCUT2D eigenvalue weighted by molar-refractivity contribution is 5.87. The van der Waals surface area contributed by atoms with Gasteiger partial charge in [-0.15, -0.1) is 0 Å². The van der Waals surface area contributed by atoms with E-state index < -0.39 is 75.1 Å². The number of nitriles is 1. The lowest BCUT2D eigenvalue weighted by atomic mass is 9.81. The smallest absolute Gasteiger partial charge is 0.304 e. The van der Waals surface area contributed by atoms with Crippen LogP contribution in [0.2, 0.25) is 0 Å². The third-order valence-corrected chi connectivity index (χ3v) is 5.16. The van der Waals surface area contributed by atoms with Crippen molar-refractivity contribution in [1.29, 1.82) is 5.26 Å². The Kier molecular flexibility index (Phi) is 7.13. The number of nitro groups is 1. The van der Waals surface area contributed by atoms with Crippen LogP contribution in [0.15, 0.2) is 29.8 Å². The lowest BCUT2D eigenvalue weighted by Crippen LogP contribution is -2.45. The molecular weight excluding hydrogens is 416 g/mol. The average Bonchev–Trinajstić information content (AvgIpc) is 2.94. The summed E-state index contributed by atoms with van der Waals surface area (Å²) < 4.78 is 0. The monoisotopic (exact) mass is 434 g/mol. The Bertz CT molecular complexity index is 969. The number of carboxylic acid groups (broad SMARTS) is 1. The predicted molar refractivity (Wildman–Crippen MR) is 99.9 cm³/mol. The third kappa shape index (κ3) is 4.89. The molecule has 0 radical (unpaired) electrons. The Balaban J connectivity index is 2.51. The number of nitro benzene ring substituents is 1. The van der Waals surface area contributed by atoms with Gasteiger partial charge in [-0.3, -0.25) is 24.9 Å². The fourth-order valence-electron chi connectivity index (χ4n) is 3.84. The van der Waals surface area contributed by atoms with Crippen LogP contribution >= 0.6 is 0 Å². The molecule has 0 bridgehead atoms. The van der Waals surface area contributed by atoms with Crippen LogP contribution in [0.4, 0.5) is 11.4 Å². The fraction of sp³-hybridized carbons (Fsp3) is 0.389. The second-order valence-electron chi connectivity index (χ2n) is 7.08. The van der Waals surface area contributed by atoms with Crippen LogP contribution in [0.3, 0.4) is 0 Å². The zero-order chi connectivity index (χ0) is 23.5. The van der Waals surface area contributed by atoms with Crippen molar-refractivity contribution in [3.8, 4) is 6.07 Å². The van der Waals surface area contributed by atoms with E-state index in [1.165, 1.54) is 19.1 Å². The molecule has 4 atom stereocenters. The number of benzene rings is 1. The molecule has 31 heavy (non-hydrogen) atoms. The standard InChI is InChI=1S/C18H19N4O9/c1-8-5-12(23)10(6-13(24)25)14(8)16(22(30)31)17(26)18(27)20-15-9(7-19)3-2-4-11(15)21(28)29/h2-4,8,10,14,16,20,26-27,30H,5-6H2,1H3,(H,24,25)/q-1/p-1. The number of aliphatic hydroxyl groups excluding tert-OH is 1. The maximum absolute atomic E-state index is 12.8. The lowest BCUT2D eigenvalue weighted by molar-refractivity contribution is -0.384. The van der Waals surface area contributed by atoms with Crippen molar-refractivity contribution in [2.75, 3.05) is 5.32 Å². The molecule has 1 fully saturated rings. The molecule has 0 aromatic heterocycles. The number of nitrogens with zero attached hydrogens (tertiary/aromatic N) is 3. The molecule has 0 saturated heterocycles. The molecule has 13 heteroatoms. The topological polar surface area (TPSA) is 223 Å². The van der Waals surface area contributed by atoms with Crippen molar-refractivity contribution in [1.82, 2.24) is 5.23 Å². The van der Waals surface area contributed by atoms with E-state index in [-0.39, 0.29) is 12.0 Å². The molecule has 1 saturated carbocycles. The minimum Gasteiger partial charge on any atom is -0.871 e. The van der Waals surface area contributed by atoms with Gasteiger partial charge in [0.25, 0.3) is 5.69 Å². The number of nitrogens with one attached hydrogen (secondary N) is 1. The minimum absolute atomic E-state index is 0.142. The summed E-state index contributed by atoms with van der Waals surface area (Å²) in [4.78, 5) is 33.6. The summed E-state index contributed by atoms with van der Waals surface area (Å²) in [5.74, 6) is -7.79. The van der Waals surface area contributed by atoms with Crippen molar-refractivity contribution in [3.63, 3.8) is 0 Å². The normalized spacial score (nSPS) is 22.5. The predicted octanol–water partition coefficient (Wildman–Crippen LogP) is 0.839. The van der Waals surface area contributed by atoms with Gasteiger partial charge in [-0.25, -0.2) is 0 Å². The Morgan fingerprint density at radius 2 is 2.10 bits per heavy atom. The highest BCUT2D eigenvalue weighted by Crippen LogP contribution is 2.41. The molecule has 1 aromatic rings. The van der Waals surface area contributed by atoms with Gasteiger partial charge in [0, 0.05) is 24.4 Å². The SMILES string of the molecule is CC1CC(=O)C(CC(=O)O)C1C(C([O-])=C(O)Nc1c(C#N)cccc1[N+](=O)[O-])N([O-])O. The van der Waals surface area contributed by atoms with Gasteiger partial charge < -0.3 is 31.1 Å². The van der Waals surface area contributed by atoms with E-state index in [1.54, 1.807) is 6.07 Å². The summed E-state index contributed by atoms with van der Waals surface area (Å²) in [6, 6.07) is 2.98. The van der Waals surface area contributed by atoms with E-state index in [0.717, 1.165) is 6.07 Å². The Morgan fingerprint density at radius 3 is 2.61 bits per heavy atom. The van der Waals surface area contributed by atoms with E-state index in [9.17, 15) is 40.3 Å². The molecule has 1 aliphatic carbocycles. The first-order chi connectivity index (χ1) is 14.5. The van der Waals surface area contributed by atoms with Crippen LogP contribution in [0.1, 0.15) is 25.3 Å². The summed E-state index contributed by atoms with van der Waals surface area (Å²) in [5.41, 5.74) is -1.46. The van der Waals surface area contributed by atoms with Gasteiger partial charge in [0.05, 0.1) is 16.9 Å². The lowest BCUT2D eigenvalue weighted by Gasteiger charge is -2.42. The first-order valence-electron chi connectivity index (χ1n) is 8.94. The van der Waals surface area contributed by atoms with Crippen LogP contribution in [0.5, 0.6) is 0 Å². The van der Waals surface area contributed by atoms with Crippen molar-refractivity contribution in [3.05, 3.63) is 50.7 Å². The van der Waals surface area contributed by atoms with E-state index in [0.29, 0.717) is 0 Å². The van der Waals surface area contributed by atoms with Gasteiger partial charge >= 0.3 is 5.97 Å². The summed E-state index contributed by atoms with van der Waals surface area (Å²) >= 11 is 0. The summed E-state index contributed by atoms with van der Waals surface area (Å²) in [7, 11) is 0. The molecule has 2 rings (SSSR count). The van der Waals surface area contributed by atoms with Crippen molar-refractivity contribution in [2.45, 2.75) is 25.8 Å². The minimum atomic E-state index is -2.06. The summed E-state index contributed by atoms with van der Waals surface area (Å²) in [5, 5.41) is 75.0. The first kappa shape index (κ1) is 23.5. The molecule has 0 spiro atoms. The molecule has 1 aliphatic rings. The van der Waals surface area contributed by atoms with Crippen molar-refractivity contribution >= 4 is 23.1 Å². The van der Waals surface area contributed by atoms with Crippen LogP contribution in [-0.2, 0) is 9.59 Å². The van der Waals surface area contributed by atoms with Crippen molar-refractivity contribution < 1.29 is 35.0 Å². The quantitative estimate of drug-likeness (QED) is 0.254. The average molecular weight is 434 g/mol. The molecule has 0 aliphatic heterocycles. The van der Waals surface area contributed by atoms with E-state index in [4.69, 9.17) is 10.4 Å². The molecule has 0 amide bonds. The second-order valence-corrected chi connectivity index (χ2v) is 7.08. The number of carboxylic acids is 1. The van der Waals surface area contributed by atoms with Gasteiger partial charge in [0.1, 0.15) is 17.5 Å². The van der Waals surface area contributed by atoms with Crippen molar-refractivity contribution in [2.24, 2.45) is 17.8 Å². The number of hydroxylamine groups is 2. The maximum Gasteiger partial charge on any atom is 0.304 e. The molecule has 4 N–H and O–H groups in total. The zero-order valence-electron chi connectivity index (χ0n) is 16.1. The van der Waals surface area contributed by atoms with E-state index >= 15 is 0 Å². The number of hydrogen-bond donors (Lipinski definition) is 4. The summed E-state index contributed by atoms with van der Waals surface area (Å²) in [6.45, 7) is 1.48. The number of aliphatic hydroxyl groups is 1. The van der Waals surface area contributed by atoms with Gasteiger partial charge in [0.2, 0.25) is 0 Å². The maximum atomic E-state index is 12.8. The molecule has 1 aromatic carbocycles. The number of Topliss-reactive ketones (excluding diaryl/α,β-unsaturated/α-hetero) is 1. The number of rotatable bonds is 8. The Morgan fingerprint density at radius 1 is 1.45 bits per heavy atom. The van der Waals surface area contributed by atoms with Crippen LogP contribution in [-0.4, -0.2) is 43.4 Å². The number of carbonyl (C=O) groups excluding carboxylic acids is 1. The molecule has 0 heterocycles. The number of ketones is 1. The molecular formula is C18H18N4O9-2. The number of aliphatic carboxylic acids is 1. The zero-order valence-corrected chi connectivity index (χ0v) is 16.1. The number of carbonyl (C=O) groups is 2. The fourth-order valence-corrected chi connectivity index (χ4v) is 3.84. The second kappa shape index (κ2) is 9.39. The number of hydrogen-bond acceptors (Lipinski definition) is 11. The molecule has 166 valence electrons. The Hall–Kier alpha value is -3.73. The van der Waals surface area contributed by atoms with Gasteiger partial charge in [-0.1, -0.05) is 18.7 Å². The molecule has 4 unspecified atom stereocenters. The molecule has 13 nitrogen and oxygen atoms in total. The number of anilines is 1. The van der Waals surface area contributed by atoms with Crippen LogP contribution in [0.25, 0.3) is 0 Å². The van der Waals surface area contributed by atoms with Gasteiger partial charge in [-0.05, 0) is 17.9 Å². The third-order valence-electron chi connectivity index (χ3n) is 5.16. The summed E-state index contributed by atoms with van der Waals surface area (Å²) in [6.07, 6.45) is -0.834. The Labute approximate surface area is 175 Å². The van der Waals surface area contributed by atoms with Crippen LogP contribution in [0, 0.1) is 44.4 Å². The van der Waals surface area contributed by atoms with Gasteiger partial charge in [-0.2, -0.15) is 5.26 Å². The largest absolute Gasteiger partial charge is 0.871 e. The first-order valence-corrected chi connectivity index (χ1v) is 8.94. The van der Waals surface area contributed by atoms with E-state index in [2.05, 4.69) is 0 Å². The van der Waals surface area contributed by atoms with Gasteiger partial charge in [0.15, 0.2) is 5.88 Å². The number of para-hydroxylation sites is 1. The van der Waals surface area contributed by atoms with Crippen LogP contribution < -0.4 is 10.4 Å².